The summed E-state index contributed by atoms with van der Waals surface area (Å²) >= 11 is 0. The van der Waals surface area contributed by atoms with Gasteiger partial charge in [-0.05, 0) is 56.1 Å². The lowest BCUT2D eigenvalue weighted by Gasteiger charge is -2.36. The third-order valence-corrected chi connectivity index (χ3v) is 5.29. The van der Waals surface area contributed by atoms with Crippen molar-refractivity contribution in [2.45, 2.75) is 59.5 Å². The van der Waals surface area contributed by atoms with Gasteiger partial charge in [0.2, 0.25) is 5.82 Å². The van der Waals surface area contributed by atoms with Gasteiger partial charge in [0.25, 0.3) is 5.89 Å². The first-order valence-electron chi connectivity index (χ1n) is 9.29. The van der Waals surface area contributed by atoms with Crippen molar-refractivity contribution in [1.82, 2.24) is 15.1 Å². The second-order valence-corrected chi connectivity index (χ2v) is 8.19. The second-order valence-electron chi connectivity index (χ2n) is 8.19. The van der Waals surface area contributed by atoms with Crippen molar-refractivity contribution in [3.63, 3.8) is 0 Å². The van der Waals surface area contributed by atoms with Gasteiger partial charge in [0.1, 0.15) is 0 Å². The Morgan fingerprint density at radius 3 is 2.62 bits per heavy atom. The summed E-state index contributed by atoms with van der Waals surface area (Å²) in [5, 5.41) is 3.95. The van der Waals surface area contributed by atoms with Crippen LogP contribution in [0.1, 0.15) is 65.4 Å². The van der Waals surface area contributed by atoms with E-state index in [-0.39, 0.29) is 11.9 Å². The molecule has 2 heterocycles. The van der Waals surface area contributed by atoms with Gasteiger partial charge in [0.05, 0.1) is 5.92 Å². The third kappa shape index (κ3) is 4.29. The molecule has 0 N–H and O–H groups in total. The lowest BCUT2D eigenvalue weighted by molar-refractivity contribution is -0.156. The number of hydrogen-bond donors (Lipinski definition) is 0. The highest BCUT2D eigenvalue weighted by Gasteiger charge is 2.34. The maximum Gasteiger partial charge on any atom is 0.309 e. The van der Waals surface area contributed by atoms with Gasteiger partial charge in [-0.15, -0.1) is 0 Å². The fraction of sp³-hybridized carbons (Fsp3) is 0.600. The van der Waals surface area contributed by atoms with E-state index in [2.05, 4.69) is 35.9 Å². The van der Waals surface area contributed by atoms with E-state index >= 15 is 0 Å². The van der Waals surface area contributed by atoms with E-state index in [1.54, 1.807) is 19.3 Å². The minimum absolute atomic E-state index is 0.0308. The van der Waals surface area contributed by atoms with Crippen molar-refractivity contribution in [1.29, 1.82) is 0 Å². The number of pyridine rings is 1. The van der Waals surface area contributed by atoms with Crippen LogP contribution in [0.15, 0.2) is 29.0 Å². The van der Waals surface area contributed by atoms with Crippen molar-refractivity contribution < 1.29 is 14.1 Å². The van der Waals surface area contributed by atoms with Crippen molar-refractivity contribution in [2.24, 2.45) is 17.3 Å². The van der Waals surface area contributed by atoms with Gasteiger partial charge in [0, 0.05) is 18.0 Å². The lowest BCUT2D eigenvalue weighted by atomic mass is 9.70. The Kier molecular flexibility index (Phi) is 5.39. The smallest absolute Gasteiger partial charge is 0.309 e. The molecule has 1 aliphatic rings. The normalized spacial score (nSPS) is 22.0. The number of carbonyl (C=O) groups is 1. The number of rotatable bonds is 4. The molecule has 1 unspecified atom stereocenters. The number of ether oxygens (including phenoxy) is 1. The standard InChI is InChI=1S/C20H27N3O3/c1-13(18-22-17(23-26-18)15-6-5-11-21-12-15)25-19(24)14-7-9-16(10-8-14)20(2,3)4/h5-6,11-14,16H,7-10H2,1-4H3. The van der Waals surface area contributed by atoms with Gasteiger partial charge in [-0.1, -0.05) is 25.9 Å². The van der Waals surface area contributed by atoms with Crippen LogP contribution in [-0.4, -0.2) is 21.1 Å². The van der Waals surface area contributed by atoms with E-state index in [1.807, 2.05) is 12.1 Å². The predicted molar refractivity (Wildman–Crippen MR) is 96.9 cm³/mol. The van der Waals surface area contributed by atoms with Gasteiger partial charge in [-0.2, -0.15) is 4.98 Å². The molecule has 3 rings (SSSR count). The summed E-state index contributed by atoms with van der Waals surface area (Å²) < 4.78 is 10.9. The zero-order valence-electron chi connectivity index (χ0n) is 15.9. The maximum atomic E-state index is 12.5. The van der Waals surface area contributed by atoms with E-state index in [1.165, 1.54) is 0 Å². The SMILES string of the molecule is CC(OC(=O)C1CCC(C(C)(C)C)CC1)c1nc(-c2cccnc2)no1. The van der Waals surface area contributed by atoms with Crippen molar-refractivity contribution in [2.75, 3.05) is 0 Å². The largest absolute Gasteiger partial charge is 0.452 e. The van der Waals surface area contributed by atoms with E-state index in [0.717, 1.165) is 31.2 Å². The fourth-order valence-corrected chi connectivity index (χ4v) is 3.53. The molecule has 26 heavy (non-hydrogen) atoms. The molecule has 2 aromatic rings. The minimum Gasteiger partial charge on any atom is -0.452 e. The van der Waals surface area contributed by atoms with Crippen LogP contribution >= 0.6 is 0 Å². The Morgan fingerprint density at radius 1 is 1.27 bits per heavy atom. The number of esters is 1. The third-order valence-electron chi connectivity index (χ3n) is 5.29. The first-order valence-corrected chi connectivity index (χ1v) is 9.29. The Bertz CT molecular complexity index is 728. The first-order chi connectivity index (χ1) is 12.3. The average Bonchev–Trinajstić information content (AvgIpc) is 3.12. The first kappa shape index (κ1) is 18.5. The molecule has 0 aliphatic heterocycles. The van der Waals surface area contributed by atoms with Gasteiger partial charge >= 0.3 is 5.97 Å². The predicted octanol–water partition coefficient (Wildman–Crippen LogP) is 4.59. The topological polar surface area (TPSA) is 78.1 Å². The molecular formula is C20H27N3O3. The quantitative estimate of drug-likeness (QED) is 0.745. The monoisotopic (exact) mass is 357 g/mol. The van der Waals surface area contributed by atoms with Gasteiger partial charge in [-0.25, -0.2) is 0 Å². The van der Waals surface area contributed by atoms with Crippen LogP contribution in [0.5, 0.6) is 0 Å². The number of nitrogens with zero attached hydrogens (tertiary/aromatic N) is 3. The molecule has 0 radical (unpaired) electrons. The van der Waals surface area contributed by atoms with E-state index in [4.69, 9.17) is 9.26 Å². The molecule has 0 amide bonds. The van der Waals surface area contributed by atoms with Gasteiger partial charge < -0.3 is 9.26 Å². The summed E-state index contributed by atoms with van der Waals surface area (Å²) in [6, 6.07) is 3.66. The second kappa shape index (κ2) is 7.56. The molecule has 1 saturated carbocycles. The zero-order valence-corrected chi connectivity index (χ0v) is 15.9. The van der Waals surface area contributed by atoms with Crippen LogP contribution in [0, 0.1) is 17.3 Å². The van der Waals surface area contributed by atoms with Crippen LogP contribution < -0.4 is 0 Å². The number of hydrogen-bond acceptors (Lipinski definition) is 6. The molecule has 6 heteroatoms. The molecule has 0 spiro atoms. The molecule has 1 fully saturated rings. The summed E-state index contributed by atoms with van der Waals surface area (Å²) in [6.07, 6.45) is 6.71. The molecule has 2 aromatic heterocycles. The minimum atomic E-state index is -0.555. The van der Waals surface area contributed by atoms with E-state index in [9.17, 15) is 4.79 Å². The van der Waals surface area contributed by atoms with Crippen LogP contribution in [0.25, 0.3) is 11.4 Å². The average molecular weight is 357 g/mol. The molecule has 6 nitrogen and oxygen atoms in total. The maximum absolute atomic E-state index is 12.5. The number of aromatic nitrogens is 3. The van der Waals surface area contributed by atoms with Crippen molar-refractivity contribution in [3.05, 3.63) is 30.4 Å². The number of carbonyl (C=O) groups excluding carboxylic acids is 1. The van der Waals surface area contributed by atoms with Crippen LogP contribution in [0.4, 0.5) is 0 Å². The highest BCUT2D eigenvalue weighted by molar-refractivity contribution is 5.72. The van der Waals surface area contributed by atoms with Crippen LogP contribution in [0.2, 0.25) is 0 Å². The summed E-state index contributed by atoms with van der Waals surface area (Å²) in [4.78, 5) is 20.9. The Morgan fingerprint density at radius 2 is 2.00 bits per heavy atom. The Labute approximate surface area is 154 Å². The van der Waals surface area contributed by atoms with Crippen LogP contribution in [-0.2, 0) is 9.53 Å². The van der Waals surface area contributed by atoms with Crippen LogP contribution in [0.3, 0.4) is 0 Å². The molecule has 1 atom stereocenters. The van der Waals surface area contributed by atoms with Crippen molar-refractivity contribution >= 4 is 5.97 Å². The summed E-state index contributed by atoms with van der Waals surface area (Å²) in [7, 11) is 0. The highest BCUT2D eigenvalue weighted by Crippen LogP contribution is 2.40. The van der Waals surface area contributed by atoms with E-state index in [0.29, 0.717) is 23.0 Å². The van der Waals surface area contributed by atoms with E-state index < -0.39 is 6.10 Å². The molecule has 140 valence electrons. The fourth-order valence-electron chi connectivity index (χ4n) is 3.53. The molecule has 0 aromatic carbocycles. The Balaban J connectivity index is 1.56. The molecule has 1 aliphatic carbocycles. The highest BCUT2D eigenvalue weighted by atomic mass is 16.6. The Hall–Kier alpha value is -2.24. The zero-order chi connectivity index (χ0) is 18.7. The van der Waals surface area contributed by atoms with Gasteiger partial charge in [-0.3, -0.25) is 9.78 Å². The summed E-state index contributed by atoms with van der Waals surface area (Å²) in [6.45, 7) is 8.58. The lowest BCUT2D eigenvalue weighted by Crippen LogP contribution is -2.30. The van der Waals surface area contributed by atoms with Gasteiger partial charge in [0.15, 0.2) is 6.10 Å². The molecule has 0 saturated heterocycles. The summed E-state index contributed by atoms with van der Waals surface area (Å²) in [5.74, 6) is 1.23. The van der Waals surface area contributed by atoms with Crippen molar-refractivity contribution in [3.8, 4) is 11.4 Å². The summed E-state index contributed by atoms with van der Waals surface area (Å²) in [5.41, 5.74) is 1.07. The molecular weight excluding hydrogens is 330 g/mol. The molecule has 0 bridgehead atoms.